The largest absolute Gasteiger partial charge is 0.388 e. The molecule has 0 aliphatic rings. The van der Waals surface area contributed by atoms with Gasteiger partial charge in [0.25, 0.3) is 0 Å². The molecule has 106 valence electrons. The van der Waals surface area contributed by atoms with Gasteiger partial charge in [-0.2, -0.15) is 0 Å². The number of aliphatic hydroxyl groups excluding tert-OH is 1. The van der Waals surface area contributed by atoms with Crippen molar-refractivity contribution < 1.29 is 5.11 Å². The molecule has 0 amide bonds. The maximum Gasteiger partial charge on any atom is 0.0871 e. The molecule has 3 heteroatoms. The minimum Gasteiger partial charge on any atom is -0.388 e. The first-order chi connectivity index (χ1) is 9.51. The van der Waals surface area contributed by atoms with Crippen molar-refractivity contribution in [2.75, 3.05) is 6.54 Å². The molecular weight excluding hydrogens is 270 g/mol. The molecule has 0 aliphatic carbocycles. The van der Waals surface area contributed by atoms with E-state index in [4.69, 9.17) is 17.3 Å². The summed E-state index contributed by atoms with van der Waals surface area (Å²) < 4.78 is 0. The predicted octanol–water partition coefficient (Wildman–Crippen LogP) is 3.73. The molecule has 0 fully saturated rings. The molecule has 2 unspecified atom stereocenters. The van der Waals surface area contributed by atoms with E-state index in [1.54, 1.807) is 6.07 Å². The summed E-state index contributed by atoms with van der Waals surface area (Å²) in [5.41, 5.74) is 9.94. The van der Waals surface area contributed by atoms with E-state index in [1.807, 2.05) is 44.2 Å². The lowest BCUT2D eigenvalue weighted by molar-refractivity contribution is 0.147. The molecule has 0 bridgehead atoms. The van der Waals surface area contributed by atoms with Crippen LogP contribution in [-0.2, 0) is 0 Å². The lowest BCUT2D eigenvalue weighted by Gasteiger charge is -2.23. The molecular formula is C17H20ClNO. The van der Waals surface area contributed by atoms with Crippen molar-refractivity contribution in [1.82, 2.24) is 0 Å². The van der Waals surface area contributed by atoms with Gasteiger partial charge in [0.15, 0.2) is 0 Å². The molecule has 0 saturated heterocycles. The molecule has 0 spiro atoms. The Kier molecular flexibility index (Phi) is 4.81. The topological polar surface area (TPSA) is 46.2 Å². The molecule has 3 N–H and O–H groups in total. The lowest BCUT2D eigenvalue weighted by atomic mass is 9.88. The van der Waals surface area contributed by atoms with Crippen molar-refractivity contribution in [3.63, 3.8) is 0 Å². The minimum absolute atomic E-state index is 0.132. The molecule has 0 saturated carbocycles. The number of hydrogen-bond acceptors (Lipinski definition) is 2. The number of nitrogens with two attached hydrogens (primary N) is 1. The van der Waals surface area contributed by atoms with Crippen molar-refractivity contribution in [3.05, 3.63) is 69.7 Å². The third-order valence-corrected chi connectivity index (χ3v) is 3.73. The first kappa shape index (κ1) is 15.0. The van der Waals surface area contributed by atoms with Crippen LogP contribution in [0, 0.1) is 13.8 Å². The Labute approximate surface area is 125 Å². The van der Waals surface area contributed by atoms with Gasteiger partial charge in [-0.15, -0.1) is 0 Å². The van der Waals surface area contributed by atoms with E-state index in [0.29, 0.717) is 11.6 Å². The van der Waals surface area contributed by atoms with E-state index >= 15 is 0 Å². The van der Waals surface area contributed by atoms with Gasteiger partial charge in [-0.25, -0.2) is 0 Å². The molecule has 20 heavy (non-hydrogen) atoms. The zero-order valence-corrected chi connectivity index (χ0v) is 12.6. The van der Waals surface area contributed by atoms with Crippen LogP contribution in [0.15, 0.2) is 42.5 Å². The number of hydrogen-bond donors (Lipinski definition) is 2. The van der Waals surface area contributed by atoms with Crippen LogP contribution in [0.3, 0.4) is 0 Å². The summed E-state index contributed by atoms with van der Waals surface area (Å²) in [7, 11) is 0. The molecule has 2 atom stereocenters. The standard InChI is InChI=1S/C17H20ClNO/c1-11-4-3-5-13(6-11)16(10-19)17(20)14-7-12(2)8-15(18)9-14/h3-9,16-17,20H,10,19H2,1-2H3. The SMILES string of the molecule is Cc1cc(Cl)cc(C(O)C(CN)c2cccc(C)c2)c1. The van der Waals surface area contributed by atoms with Crippen LogP contribution in [-0.4, -0.2) is 11.7 Å². The second-order valence-corrected chi connectivity index (χ2v) is 5.70. The van der Waals surface area contributed by atoms with Gasteiger partial charge in [0, 0.05) is 17.5 Å². The van der Waals surface area contributed by atoms with Gasteiger partial charge < -0.3 is 10.8 Å². The van der Waals surface area contributed by atoms with E-state index in [-0.39, 0.29) is 5.92 Å². The average molecular weight is 290 g/mol. The molecule has 2 aromatic carbocycles. The Morgan fingerprint density at radius 1 is 1.05 bits per heavy atom. The fourth-order valence-electron chi connectivity index (χ4n) is 2.52. The number of aliphatic hydroxyl groups is 1. The molecule has 0 radical (unpaired) electrons. The summed E-state index contributed by atoms with van der Waals surface area (Å²) in [6, 6.07) is 13.7. The second-order valence-electron chi connectivity index (χ2n) is 5.26. The number of rotatable bonds is 4. The van der Waals surface area contributed by atoms with Gasteiger partial charge in [-0.3, -0.25) is 0 Å². The molecule has 0 aliphatic heterocycles. The lowest BCUT2D eigenvalue weighted by Crippen LogP contribution is -2.20. The summed E-state index contributed by atoms with van der Waals surface area (Å²) in [5.74, 6) is -0.132. The normalized spacial score (nSPS) is 14.1. The summed E-state index contributed by atoms with van der Waals surface area (Å²) in [6.07, 6.45) is -0.654. The van der Waals surface area contributed by atoms with Crippen molar-refractivity contribution in [2.24, 2.45) is 5.73 Å². The van der Waals surface area contributed by atoms with E-state index in [1.165, 1.54) is 0 Å². The summed E-state index contributed by atoms with van der Waals surface area (Å²) in [5, 5.41) is 11.3. The second kappa shape index (κ2) is 6.40. The van der Waals surface area contributed by atoms with Crippen molar-refractivity contribution in [2.45, 2.75) is 25.9 Å². The molecule has 2 aromatic rings. The Hall–Kier alpha value is -1.35. The maximum atomic E-state index is 10.6. The van der Waals surface area contributed by atoms with Crippen LogP contribution in [0.2, 0.25) is 5.02 Å². The van der Waals surface area contributed by atoms with Gasteiger partial charge in [-0.05, 0) is 42.7 Å². The quantitative estimate of drug-likeness (QED) is 0.901. The maximum absolute atomic E-state index is 10.6. The molecule has 0 heterocycles. The highest BCUT2D eigenvalue weighted by Crippen LogP contribution is 2.32. The highest BCUT2D eigenvalue weighted by atomic mass is 35.5. The number of halogens is 1. The smallest absolute Gasteiger partial charge is 0.0871 e. The Bertz CT molecular complexity index is 577. The van der Waals surface area contributed by atoms with Gasteiger partial charge in [0.05, 0.1) is 6.10 Å². The Morgan fingerprint density at radius 2 is 1.75 bits per heavy atom. The van der Waals surface area contributed by atoms with Crippen LogP contribution in [0.25, 0.3) is 0 Å². The van der Waals surface area contributed by atoms with Gasteiger partial charge in [0.2, 0.25) is 0 Å². The number of aryl methyl sites for hydroxylation is 2. The molecule has 2 nitrogen and oxygen atoms in total. The highest BCUT2D eigenvalue weighted by Gasteiger charge is 2.22. The van der Waals surface area contributed by atoms with Gasteiger partial charge in [-0.1, -0.05) is 47.5 Å². The first-order valence-electron chi connectivity index (χ1n) is 6.73. The zero-order chi connectivity index (χ0) is 14.7. The van der Waals surface area contributed by atoms with E-state index in [2.05, 4.69) is 6.07 Å². The first-order valence-corrected chi connectivity index (χ1v) is 7.11. The Balaban J connectivity index is 2.35. The monoisotopic (exact) mass is 289 g/mol. The van der Waals surface area contributed by atoms with Gasteiger partial charge in [0.1, 0.15) is 0 Å². The predicted molar refractivity (Wildman–Crippen MR) is 84.1 cm³/mol. The fraction of sp³-hybridized carbons (Fsp3) is 0.294. The van der Waals surface area contributed by atoms with Gasteiger partial charge >= 0.3 is 0 Å². The van der Waals surface area contributed by atoms with Crippen LogP contribution < -0.4 is 5.73 Å². The van der Waals surface area contributed by atoms with Crippen LogP contribution in [0.1, 0.15) is 34.3 Å². The third-order valence-electron chi connectivity index (χ3n) is 3.51. The van der Waals surface area contributed by atoms with E-state index in [0.717, 1.165) is 22.3 Å². The van der Waals surface area contributed by atoms with Crippen LogP contribution in [0.4, 0.5) is 0 Å². The third kappa shape index (κ3) is 3.40. The van der Waals surface area contributed by atoms with Crippen molar-refractivity contribution in [3.8, 4) is 0 Å². The fourth-order valence-corrected chi connectivity index (χ4v) is 2.81. The van der Waals surface area contributed by atoms with Crippen LogP contribution >= 0.6 is 11.6 Å². The van der Waals surface area contributed by atoms with Crippen LogP contribution in [0.5, 0.6) is 0 Å². The summed E-state index contributed by atoms with van der Waals surface area (Å²) in [6.45, 7) is 4.38. The zero-order valence-electron chi connectivity index (χ0n) is 11.8. The number of benzene rings is 2. The molecule has 0 aromatic heterocycles. The molecule has 2 rings (SSSR count). The average Bonchev–Trinajstić information content (AvgIpc) is 2.38. The minimum atomic E-state index is -0.654. The highest BCUT2D eigenvalue weighted by molar-refractivity contribution is 6.30. The van der Waals surface area contributed by atoms with E-state index in [9.17, 15) is 5.11 Å². The summed E-state index contributed by atoms with van der Waals surface area (Å²) in [4.78, 5) is 0. The summed E-state index contributed by atoms with van der Waals surface area (Å²) >= 11 is 6.07. The van der Waals surface area contributed by atoms with E-state index < -0.39 is 6.10 Å². The Morgan fingerprint density at radius 3 is 2.35 bits per heavy atom. The van der Waals surface area contributed by atoms with Crippen molar-refractivity contribution >= 4 is 11.6 Å². The van der Waals surface area contributed by atoms with Crippen molar-refractivity contribution in [1.29, 1.82) is 0 Å².